The van der Waals surface area contributed by atoms with Crippen LogP contribution in [-0.2, 0) is 17.9 Å². The highest BCUT2D eigenvalue weighted by Gasteiger charge is 2.32. The third kappa shape index (κ3) is 5.14. The summed E-state index contributed by atoms with van der Waals surface area (Å²) < 4.78 is 1.61. The number of amides is 1. The Bertz CT molecular complexity index is 690. The van der Waals surface area contributed by atoms with Gasteiger partial charge in [0.1, 0.15) is 6.54 Å². The molecule has 6 heteroatoms. The van der Waals surface area contributed by atoms with Gasteiger partial charge in [-0.2, -0.15) is 5.10 Å². The average Bonchev–Trinajstić information content (AvgIpc) is 3.01. The number of likely N-dealkylation sites (tertiary alicyclic amines) is 1. The molecule has 0 bridgehead atoms. The molecule has 1 aromatic carbocycles. The van der Waals surface area contributed by atoms with E-state index in [1.165, 1.54) is 5.56 Å². The molecule has 1 saturated heterocycles. The third-order valence-corrected chi connectivity index (χ3v) is 4.73. The van der Waals surface area contributed by atoms with E-state index in [1.807, 2.05) is 31.2 Å². The number of nitrogens with one attached hydrogen (secondary N) is 1. The van der Waals surface area contributed by atoms with E-state index >= 15 is 0 Å². The smallest absolute Gasteiger partial charge is 0.241 e. The van der Waals surface area contributed by atoms with Gasteiger partial charge >= 0.3 is 0 Å². The molecule has 1 amide bonds. The fourth-order valence-electron chi connectivity index (χ4n) is 3.16. The number of aromatic nitrogens is 2. The zero-order valence-electron chi connectivity index (χ0n) is 14.7. The van der Waals surface area contributed by atoms with E-state index in [0.717, 1.165) is 25.3 Å². The van der Waals surface area contributed by atoms with Crippen molar-refractivity contribution in [3.63, 3.8) is 0 Å². The first-order chi connectivity index (χ1) is 12.0. The summed E-state index contributed by atoms with van der Waals surface area (Å²) in [5.41, 5.74) is 1.36. The van der Waals surface area contributed by atoms with Crippen LogP contribution < -0.4 is 5.32 Å². The highest BCUT2D eigenvalue weighted by Crippen LogP contribution is 2.22. The summed E-state index contributed by atoms with van der Waals surface area (Å²) in [5, 5.41) is 17.8. The van der Waals surface area contributed by atoms with Crippen molar-refractivity contribution in [2.45, 2.75) is 38.5 Å². The summed E-state index contributed by atoms with van der Waals surface area (Å²) in [7, 11) is 0. The van der Waals surface area contributed by atoms with Crippen LogP contribution in [0.15, 0.2) is 42.6 Å². The van der Waals surface area contributed by atoms with Crippen LogP contribution in [0.5, 0.6) is 0 Å². The third-order valence-electron chi connectivity index (χ3n) is 4.73. The van der Waals surface area contributed by atoms with Crippen molar-refractivity contribution in [3.05, 3.63) is 53.9 Å². The van der Waals surface area contributed by atoms with Crippen LogP contribution in [0.3, 0.4) is 0 Å². The van der Waals surface area contributed by atoms with Crippen molar-refractivity contribution in [1.29, 1.82) is 0 Å². The lowest BCUT2D eigenvalue weighted by atomic mass is 9.91. The van der Waals surface area contributed by atoms with Gasteiger partial charge in [0.25, 0.3) is 0 Å². The van der Waals surface area contributed by atoms with Gasteiger partial charge in [0.2, 0.25) is 5.91 Å². The number of benzene rings is 1. The zero-order valence-corrected chi connectivity index (χ0v) is 14.7. The van der Waals surface area contributed by atoms with Gasteiger partial charge in [-0.25, -0.2) is 0 Å². The van der Waals surface area contributed by atoms with Crippen LogP contribution >= 0.6 is 0 Å². The minimum Gasteiger partial charge on any atom is -0.388 e. The Morgan fingerprint density at radius 1 is 1.24 bits per heavy atom. The first-order valence-corrected chi connectivity index (χ1v) is 8.78. The molecule has 1 fully saturated rings. The van der Waals surface area contributed by atoms with Crippen LogP contribution in [0.1, 0.15) is 24.1 Å². The normalized spacial score (nSPS) is 17.4. The molecule has 134 valence electrons. The number of piperidine rings is 1. The molecule has 2 heterocycles. The first-order valence-electron chi connectivity index (χ1n) is 8.78. The number of hydrogen-bond donors (Lipinski definition) is 2. The Kier molecular flexibility index (Phi) is 5.50. The van der Waals surface area contributed by atoms with Crippen molar-refractivity contribution in [1.82, 2.24) is 20.0 Å². The van der Waals surface area contributed by atoms with Gasteiger partial charge in [-0.1, -0.05) is 30.3 Å². The number of carbonyl (C=O) groups excluding carboxylic acids is 1. The van der Waals surface area contributed by atoms with E-state index in [-0.39, 0.29) is 12.5 Å². The van der Waals surface area contributed by atoms with Gasteiger partial charge in [-0.15, -0.1) is 0 Å². The van der Waals surface area contributed by atoms with Gasteiger partial charge in [0, 0.05) is 32.4 Å². The molecule has 25 heavy (non-hydrogen) atoms. The summed E-state index contributed by atoms with van der Waals surface area (Å²) in [6, 6.07) is 12.2. The van der Waals surface area contributed by atoms with E-state index in [1.54, 1.807) is 10.9 Å². The van der Waals surface area contributed by atoms with Crippen LogP contribution in [0.25, 0.3) is 0 Å². The molecule has 0 saturated carbocycles. The Morgan fingerprint density at radius 3 is 2.60 bits per heavy atom. The maximum atomic E-state index is 12.0. The highest BCUT2D eigenvalue weighted by atomic mass is 16.3. The van der Waals surface area contributed by atoms with E-state index in [2.05, 4.69) is 27.4 Å². The topological polar surface area (TPSA) is 70.4 Å². The van der Waals surface area contributed by atoms with Gasteiger partial charge in [0.05, 0.1) is 11.3 Å². The Labute approximate surface area is 148 Å². The Morgan fingerprint density at radius 2 is 1.96 bits per heavy atom. The molecule has 0 spiro atoms. The second-order valence-corrected chi connectivity index (χ2v) is 6.92. The van der Waals surface area contributed by atoms with Gasteiger partial charge in [-0.05, 0) is 31.4 Å². The molecule has 3 rings (SSSR count). The lowest BCUT2D eigenvalue weighted by Crippen LogP contribution is -2.51. The molecule has 0 radical (unpaired) electrons. The monoisotopic (exact) mass is 342 g/mol. The SMILES string of the molecule is Cc1ccn(CC(=O)NCC2(O)CCN(Cc3ccccc3)CC2)n1. The molecule has 2 N–H and O–H groups in total. The largest absolute Gasteiger partial charge is 0.388 e. The molecule has 0 atom stereocenters. The molecule has 1 aromatic heterocycles. The summed E-state index contributed by atoms with van der Waals surface area (Å²) >= 11 is 0. The van der Waals surface area contributed by atoms with E-state index in [4.69, 9.17) is 0 Å². The van der Waals surface area contributed by atoms with Crippen molar-refractivity contribution in [2.75, 3.05) is 19.6 Å². The van der Waals surface area contributed by atoms with Gasteiger partial charge in [-0.3, -0.25) is 14.4 Å². The highest BCUT2D eigenvalue weighted by molar-refractivity contribution is 5.75. The maximum Gasteiger partial charge on any atom is 0.241 e. The van der Waals surface area contributed by atoms with E-state index in [9.17, 15) is 9.90 Å². The Balaban J connectivity index is 1.42. The standard InChI is InChI=1S/C19H26N4O2/c1-16-7-10-23(21-16)14-18(24)20-15-19(25)8-11-22(12-9-19)13-17-5-3-2-4-6-17/h2-7,10,25H,8-9,11-15H2,1H3,(H,20,24). The second kappa shape index (κ2) is 7.80. The molecule has 1 aliphatic heterocycles. The van der Waals surface area contributed by atoms with Crippen LogP contribution in [-0.4, -0.2) is 50.9 Å². The molecular weight excluding hydrogens is 316 g/mol. The number of hydrogen-bond acceptors (Lipinski definition) is 4. The van der Waals surface area contributed by atoms with E-state index < -0.39 is 5.60 Å². The fourth-order valence-corrected chi connectivity index (χ4v) is 3.16. The number of aryl methyl sites for hydroxylation is 1. The first kappa shape index (κ1) is 17.6. The number of nitrogens with zero attached hydrogens (tertiary/aromatic N) is 3. The summed E-state index contributed by atoms with van der Waals surface area (Å²) in [6.45, 7) is 4.94. The molecule has 1 aliphatic rings. The molecule has 6 nitrogen and oxygen atoms in total. The van der Waals surface area contributed by atoms with E-state index in [0.29, 0.717) is 19.4 Å². The molecular formula is C19H26N4O2. The van der Waals surface area contributed by atoms with Crippen LogP contribution in [0, 0.1) is 6.92 Å². The minimum atomic E-state index is -0.817. The molecule has 0 aliphatic carbocycles. The number of rotatable bonds is 6. The lowest BCUT2D eigenvalue weighted by molar-refractivity contribution is -0.123. The lowest BCUT2D eigenvalue weighted by Gasteiger charge is -2.38. The zero-order chi connectivity index (χ0) is 17.7. The maximum absolute atomic E-state index is 12.0. The van der Waals surface area contributed by atoms with Crippen LogP contribution in [0.2, 0.25) is 0 Å². The summed E-state index contributed by atoms with van der Waals surface area (Å²) in [4.78, 5) is 14.4. The van der Waals surface area contributed by atoms with Crippen molar-refractivity contribution >= 4 is 5.91 Å². The quantitative estimate of drug-likeness (QED) is 0.831. The molecule has 0 unspecified atom stereocenters. The summed E-state index contributed by atoms with van der Waals surface area (Å²) in [6.07, 6.45) is 3.12. The van der Waals surface area contributed by atoms with Crippen molar-refractivity contribution < 1.29 is 9.90 Å². The number of carbonyl (C=O) groups is 1. The average molecular weight is 342 g/mol. The van der Waals surface area contributed by atoms with Crippen molar-refractivity contribution in [3.8, 4) is 0 Å². The van der Waals surface area contributed by atoms with Gasteiger partial charge < -0.3 is 10.4 Å². The predicted molar refractivity (Wildman–Crippen MR) is 95.9 cm³/mol. The van der Waals surface area contributed by atoms with Gasteiger partial charge in [0.15, 0.2) is 0 Å². The minimum absolute atomic E-state index is 0.122. The summed E-state index contributed by atoms with van der Waals surface area (Å²) in [5.74, 6) is -0.122. The number of aliphatic hydroxyl groups is 1. The Hall–Kier alpha value is -2.18. The predicted octanol–water partition coefficient (Wildman–Crippen LogP) is 1.33. The van der Waals surface area contributed by atoms with Crippen LogP contribution in [0.4, 0.5) is 0 Å². The fraction of sp³-hybridized carbons (Fsp3) is 0.474. The second-order valence-electron chi connectivity index (χ2n) is 6.92. The molecule has 2 aromatic rings. The van der Waals surface area contributed by atoms with Crippen molar-refractivity contribution in [2.24, 2.45) is 0 Å².